The Morgan fingerprint density at radius 3 is 2.54 bits per heavy atom. The zero-order valence-electron chi connectivity index (χ0n) is 17.4. The van der Waals surface area contributed by atoms with Crippen LogP contribution in [-0.2, 0) is 9.53 Å². The Hall–Kier alpha value is -1.43. The Balaban J connectivity index is 1.74. The van der Waals surface area contributed by atoms with Gasteiger partial charge < -0.3 is 15.2 Å². The molecule has 2 atom stereocenters. The summed E-state index contributed by atoms with van der Waals surface area (Å²) in [4.78, 5) is 14.6. The molecule has 1 fully saturated rings. The van der Waals surface area contributed by atoms with Gasteiger partial charge in [-0.2, -0.15) is 0 Å². The van der Waals surface area contributed by atoms with Crippen LogP contribution in [0, 0.1) is 0 Å². The summed E-state index contributed by atoms with van der Waals surface area (Å²) in [5, 5.41) is 12.6. The molecule has 1 amide bonds. The smallest absolute Gasteiger partial charge is 0.220 e. The second-order valence-electron chi connectivity index (χ2n) is 7.86. The van der Waals surface area contributed by atoms with Crippen LogP contribution in [0.3, 0.4) is 0 Å². The minimum absolute atomic E-state index is 0.0211. The molecule has 1 saturated heterocycles. The number of nitrogens with zero attached hydrogens (tertiary/aromatic N) is 1. The third kappa shape index (κ3) is 8.72. The maximum absolute atomic E-state index is 12.4. The highest BCUT2D eigenvalue weighted by molar-refractivity contribution is 5.76. The van der Waals surface area contributed by atoms with Gasteiger partial charge in [-0.25, -0.2) is 0 Å². The number of unbranched alkanes of at least 4 members (excludes halogenated alkanes) is 2. The van der Waals surface area contributed by atoms with Crippen LogP contribution in [0.1, 0.15) is 63.4 Å². The molecule has 2 N–H and O–H groups in total. The molecule has 0 saturated carbocycles. The van der Waals surface area contributed by atoms with Crippen molar-refractivity contribution < 1.29 is 14.6 Å². The number of nitrogens with one attached hydrogen (secondary N) is 1. The van der Waals surface area contributed by atoms with Crippen molar-refractivity contribution in [2.24, 2.45) is 0 Å². The number of carbonyl (C=O) groups excluding carboxylic acids is 1. The highest BCUT2D eigenvalue weighted by atomic mass is 16.5. The second kappa shape index (κ2) is 13.7. The fraction of sp³-hybridized carbons (Fsp3) is 0.696. The summed E-state index contributed by atoms with van der Waals surface area (Å²) in [5.74, 6) is 0.579. The molecule has 1 heterocycles. The van der Waals surface area contributed by atoms with Gasteiger partial charge in [-0.15, -0.1) is 0 Å². The number of aliphatic hydroxyl groups excluding tert-OH is 1. The number of rotatable bonds is 13. The standard InChI is InChI=1S/C23H38N2O3/c1-2-3-5-9-21(20-10-6-4-7-11-20)12-8-13-23(27)24-22(19-26)18-25-14-16-28-17-15-25/h4,6-7,10-11,21-22,26H,2-3,5,8-9,12-19H2,1H3,(H,24,27). The van der Waals surface area contributed by atoms with E-state index < -0.39 is 0 Å². The number of hydrogen-bond acceptors (Lipinski definition) is 4. The topological polar surface area (TPSA) is 61.8 Å². The molecule has 1 aliphatic rings. The summed E-state index contributed by atoms with van der Waals surface area (Å²) < 4.78 is 5.35. The van der Waals surface area contributed by atoms with Crippen LogP contribution in [0.2, 0.25) is 0 Å². The molecule has 0 radical (unpaired) electrons. The van der Waals surface area contributed by atoms with E-state index in [0.717, 1.165) is 39.1 Å². The zero-order chi connectivity index (χ0) is 20.0. The number of hydrogen-bond donors (Lipinski definition) is 2. The van der Waals surface area contributed by atoms with Crippen LogP contribution >= 0.6 is 0 Å². The summed E-state index contributed by atoms with van der Waals surface area (Å²) in [6.07, 6.45) is 7.38. The molecule has 2 rings (SSSR count). The fourth-order valence-electron chi connectivity index (χ4n) is 3.90. The predicted molar refractivity (Wildman–Crippen MR) is 113 cm³/mol. The van der Waals surface area contributed by atoms with Crippen LogP contribution in [0.15, 0.2) is 30.3 Å². The molecular weight excluding hydrogens is 352 g/mol. The van der Waals surface area contributed by atoms with Gasteiger partial charge >= 0.3 is 0 Å². The lowest BCUT2D eigenvalue weighted by atomic mass is 9.88. The van der Waals surface area contributed by atoms with Crippen molar-refractivity contribution in [2.75, 3.05) is 39.5 Å². The van der Waals surface area contributed by atoms with Crippen molar-refractivity contribution in [3.05, 3.63) is 35.9 Å². The number of aliphatic hydroxyl groups is 1. The first-order valence-electron chi connectivity index (χ1n) is 11.0. The molecule has 0 spiro atoms. The molecule has 5 nitrogen and oxygen atoms in total. The minimum atomic E-state index is -0.194. The van der Waals surface area contributed by atoms with Crippen LogP contribution in [-0.4, -0.2) is 61.4 Å². The predicted octanol–water partition coefficient (Wildman–Crippen LogP) is 3.33. The third-order valence-electron chi connectivity index (χ3n) is 5.55. The number of ether oxygens (including phenoxy) is 1. The number of carbonyl (C=O) groups is 1. The molecule has 1 aromatic carbocycles. The van der Waals surface area contributed by atoms with E-state index in [9.17, 15) is 9.90 Å². The quantitative estimate of drug-likeness (QED) is 0.507. The second-order valence-corrected chi connectivity index (χ2v) is 7.86. The van der Waals surface area contributed by atoms with Gasteiger partial charge in [0.1, 0.15) is 0 Å². The lowest BCUT2D eigenvalue weighted by Crippen LogP contribution is -2.48. The van der Waals surface area contributed by atoms with Gasteiger partial charge in [-0.05, 0) is 30.7 Å². The van der Waals surface area contributed by atoms with Crippen LogP contribution in [0.25, 0.3) is 0 Å². The zero-order valence-corrected chi connectivity index (χ0v) is 17.4. The molecule has 158 valence electrons. The Morgan fingerprint density at radius 2 is 1.86 bits per heavy atom. The summed E-state index contributed by atoms with van der Waals surface area (Å²) >= 11 is 0. The van der Waals surface area contributed by atoms with Crippen molar-refractivity contribution >= 4 is 5.91 Å². The van der Waals surface area contributed by atoms with Crippen LogP contribution in [0.5, 0.6) is 0 Å². The molecular formula is C23H38N2O3. The first-order chi connectivity index (χ1) is 13.7. The summed E-state index contributed by atoms with van der Waals surface area (Å²) in [6, 6.07) is 10.5. The molecule has 1 aliphatic heterocycles. The monoisotopic (exact) mass is 390 g/mol. The Labute approximate surface area is 170 Å². The van der Waals surface area contributed by atoms with Crippen molar-refractivity contribution in [1.82, 2.24) is 10.2 Å². The summed E-state index contributed by atoms with van der Waals surface area (Å²) in [6.45, 7) is 6.08. The molecule has 0 aliphatic carbocycles. The normalized spacial score (nSPS) is 17.2. The van der Waals surface area contributed by atoms with E-state index >= 15 is 0 Å². The SMILES string of the molecule is CCCCCC(CCCC(=O)NC(CO)CN1CCOCC1)c1ccccc1. The lowest BCUT2D eigenvalue weighted by molar-refractivity contribution is -0.122. The highest BCUT2D eigenvalue weighted by Crippen LogP contribution is 2.27. The largest absolute Gasteiger partial charge is 0.394 e. The van der Waals surface area contributed by atoms with Gasteiger partial charge in [0, 0.05) is 26.1 Å². The molecule has 2 unspecified atom stereocenters. The highest BCUT2D eigenvalue weighted by Gasteiger charge is 2.18. The first-order valence-corrected chi connectivity index (χ1v) is 11.0. The van der Waals surface area contributed by atoms with Crippen LogP contribution in [0.4, 0.5) is 0 Å². The fourth-order valence-corrected chi connectivity index (χ4v) is 3.90. The van der Waals surface area contributed by atoms with Crippen molar-refractivity contribution in [3.8, 4) is 0 Å². The number of morpholine rings is 1. The van der Waals surface area contributed by atoms with Crippen LogP contribution < -0.4 is 5.32 Å². The van der Waals surface area contributed by atoms with Gasteiger partial charge in [-0.1, -0.05) is 56.5 Å². The Morgan fingerprint density at radius 1 is 1.14 bits per heavy atom. The van der Waals surface area contributed by atoms with Gasteiger partial charge in [0.2, 0.25) is 5.91 Å². The van der Waals surface area contributed by atoms with E-state index in [1.165, 1.54) is 31.2 Å². The van der Waals surface area contributed by atoms with Gasteiger partial charge in [-0.3, -0.25) is 9.69 Å². The lowest BCUT2D eigenvalue weighted by Gasteiger charge is -2.30. The molecule has 0 aromatic heterocycles. The van der Waals surface area contributed by atoms with E-state index in [1.807, 2.05) is 0 Å². The molecule has 1 aromatic rings. The maximum Gasteiger partial charge on any atom is 0.220 e. The first kappa shape index (κ1) is 22.9. The molecule has 0 bridgehead atoms. The third-order valence-corrected chi connectivity index (χ3v) is 5.55. The average molecular weight is 391 g/mol. The van der Waals surface area contributed by atoms with E-state index in [0.29, 0.717) is 18.9 Å². The van der Waals surface area contributed by atoms with E-state index in [-0.39, 0.29) is 18.6 Å². The van der Waals surface area contributed by atoms with Crippen molar-refractivity contribution in [3.63, 3.8) is 0 Å². The minimum Gasteiger partial charge on any atom is -0.394 e. The van der Waals surface area contributed by atoms with Crippen molar-refractivity contribution in [1.29, 1.82) is 0 Å². The van der Waals surface area contributed by atoms with E-state index in [2.05, 4.69) is 47.5 Å². The van der Waals surface area contributed by atoms with Crippen molar-refractivity contribution in [2.45, 2.75) is 63.8 Å². The van der Waals surface area contributed by atoms with Gasteiger partial charge in [0.05, 0.1) is 25.9 Å². The van der Waals surface area contributed by atoms with Gasteiger partial charge in [0.15, 0.2) is 0 Å². The van der Waals surface area contributed by atoms with Gasteiger partial charge in [0.25, 0.3) is 0 Å². The number of amides is 1. The Bertz CT molecular complexity index is 532. The Kier molecular flexibility index (Phi) is 11.2. The summed E-state index contributed by atoms with van der Waals surface area (Å²) in [5.41, 5.74) is 1.39. The molecule has 28 heavy (non-hydrogen) atoms. The number of benzene rings is 1. The summed E-state index contributed by atoms with van der Waals surface area (Å²) in [7, 11) is 0. The average Bonchev–Trinajstić information content (AvgIpc) is 2.73. The van der Waals surface area contributed by atoms with E-state index in [4.69, 9.17) is 4.74 Å². The maximum atomic E-state index is 12.4. The van der Waals surface area contributed by atoms with E-state index in [1.54, 1.807) is 0 Å². The molecule has 5 heteroatoms.